The molecule has 8 N–H and O–H groups in total. The average Bonchev–Trinajstić information content (AvgIpc) is 2.79. The topological polar surface area (TPSA) is 208 Å². The number of aliphatic hydroxyl groups is 1. The molecule has 0 radical (unpaired) electrons. The van der Waals surface area contributed by atoms with Crippen molar-refractivity contribution in [2.45, 2.75) is 70.3 Å². The van der Waals surface area contributed by atoms with E-state index in [1.807, 2.05) is 6.07 Å². The van der Waals surface area contributed by atoms with Crippen molar-refractivity contribution in [2.75, 3.05) is 0 Å². The van der Waals surface area contributed by atoms with Crippen LogP contribution in [0.2, 0.25) is 0 Å². The molecule has 0 aromatic heterocycles. The molecule has 1 aromatic carbocycles. The maximum Gasteiger partial charge on any atom is 0.326 e. The molecule has 35 heavy (non-hydrogen) atoms. The van der Waals surface area contributed by atoms with Crippen LogP contribution < -0.4 is 21.7 Å². The van der Waals surface area contributed by atoms with Gasteiger partial charge in [-0.1, -0.05) is 50.6 Å². The first kappa shape index (κ1) is 29.5. The van der Waals surface area contributed by atoms with Crippen LogP contribution in [0.15, 0.2) is 30.3 Å². The number of amides is 3. The lowest BCUT2D eigenvalue weighted by atomic mass is 9.97. The van der Waals surface area contributed by atoms with Crippen LogP contribution in [-0.4, -0.2) is 75.3 Å². The zero-order valence-corrected chi connectivity index (χ0v) is 19.9. The fraction of sp³-hybridized carbons (Fsp3) is 0.522. The zero-order chi connectivity index (χ0) is 26.7. The molecule has 0 aliphatic carbocycles. The van der Waals surface area contributed by atoms with Crippen LogP contribution >= 0.6 is 0 Å². The molecule has 0 aliphatic rings. The monoisotopic (exact) mass is 494 g/mol. The Morgan fingerprint density at radius 2 is 1.43 bits per heavy atom. The summed E-state index contributed by atoms with van der Waals surface area (Å²) in [5.74, 6) is -5.93. The van der Waals surface area contributed by atoms with Gasteiger partial charge in [0.2, 0.25) is 17.7 Å². The predicted octanol–water partition coefficient (Wildman–Crippen LogP) is -1.00. The summed E-state index contributed by atoms with van der Waals surface area (Å²) in [6, 6.07) is 3.56. The van der Waals surface area contributed by atoms with Gasteiger partial charge in [0.05, 0.1) is 18.6 Å². The molecule has 1 aromatic rings. The van der Waals surface area contributed by atoms with E-state index >= 15 is 0 Å². The van der Waals surface area contributed by atoms with Gasteiger partial charge in [0.1, 0.15) is 18.1 Å². The van der Waals surface area contributed by atoms with Gasteiger partial charge in [0, 0.05) is 0 Å². The van der Waals surface area contributed by atoms with Crippen LogP contribution in [0.4, 0.5) is 0 Å². The summed E-state index contributed by atoms with van der Waals surface area (Å²) < 4.78 is 0. The van der Waals surface area contributed by atoms with Gasteiger partial charge in [-0.05, 0) is 24.8 Å². The van der Waals surface area contributed by atoms with E-state index in [-0.39, 0.29) is 6.42 Å². The largest absolute Gasteiger partial charge is 0.481 e. The number of aliphatic carboxylic acids is 2. The normalized spacial score (nSPS) is 16.0. The van der Waals surface area contributed by atoms with Crippen molar-refractivity contribution in [2.24, 2.45) is 11.7 Å². The Kier molecular flexibility index (Phi) is 11.8. The number of benzene rings is 1. The minimum Gasteiger partial charge on any atom is -0.481 e. The second-order valence-electron chi connectivity index (χ2n) is 8.39. The molecule has 6 unspecified atom stereocenters. The number of nitrogens with one attached hydrogen (secondary N) is 3. The molecule has 0 saturated carbocycles. The van der Waals surface area contributed by atoms with E-state index in [1.165, 1.54) is 6.92 Å². The van der Waals surface area contributed by atoms with E-state index in [1.54, 1.807) is 38.1 Å². The van der Waals surface area contributed by atoms with E-state index in [4.69, 9.17) is 10.8 Å². The Hall–Kier alpha value is -3.51. The van der Waals surface area contributed by atoms with Crippen molar-refractivity contribution >= 4 is 29.7 Å². The average molecular weight is 495 g/mol. The molecule has 1 rings (SSSR count). The molecule has 3 amide bonds. The van der Waals surface area contributed by atoms with Gasteiger partial charge in [-0.15, -0.1) is 0 Å². The molecule has 12 heteroatoms. The molecule has 0 fully saturated rings. The van der Waals surface area contributed by atoms with E-state index in [9.17, 15) is 34.2 Å². The standard InChI is InChI=1S/C23H34N4O8/c1-4-12(2)18(21(32)25-16(23(34)35)11-17(29)30)26-22(33)19(13(3)28)27-20(31)15(24)10-14-8-6-5-7-9-14/h5-9,12-13,15-16,18-19,28H,4,10-11,24H2,1-3H3,(H,25,32)(H,26,33)(H,27,31)(H,29,30)(H,34,35). The van der Waals surface area contributed by atoms with E-state index in [2.05, 4.69) is 16.0 Å². The highest BCUT2D eigenvalue weighted by molar-refractivity contribution is 5.95. The molecule has 0 bridgehead atoms. The first-order valence-corrected chi connectivity index (χ1v) is 11.2. The van der Waals surface area contributed by atoms with Gasteiger partial charge in [-0.3, -0.25) is 19.2 Å². The fourth-order valence-electron chi connectivity index (χ4n) is 3.21. The van der Waals surface area contributed by atoms with Crippen molar-refractivity contribution in [1.29, 1.82) is 0 Å². The van der Waals surface area contributed by atoms with Gasteiger partial charge in [0.15, 0.2) is 0 Å². The molecule has 194 valence electrons. The number of hydrogen-bond acceptors (Lipinski definition) is 7. The zero-order valence-electron chi connectivity index (χ0n) is 19.9. The molecular weight excluding hydrogens is 460 g/mol. The van der Waals surface area contributed by atoms with E-state index in [0.717, 1.165) is 5.56 Å². The highest BCUT2D eigenvalue weighted by atomic mass is 16.4. The molecule has 6 atom stereocenters. The van der Waals surface area contributed by atoms with Crippen molar-refractivity contribution < 1.29 is 39.3 Å². The molecule has 12 nitrogen and oxygen atoms in total. The fourth-order valence-corrected chi connectivity index (χ4v) is 3.21. The molecule has 0 saturated heterocycles. The van der Waals surface area contributed by atoms with Gasteiger partial charge in [0.25, 0.3) is 0 Å². The second kappa shape index (κ2) is 14.0. The Bertz CT molecular complexity index is 893. The van der Waals surface area contributed by atoms with Crippen molar-refractivity contribution in [3.8, 4) is 0 Å². The van der Waals surface area contributed by atoms with Crippen LogP contribution in [0.5, 0.6) is 0 Å². The lowest BCUT2D eigenvalue weighted by molar-refractivity contribution is -0.147. The van der Waals surface area contributed by atoms with Crippen LogP contribution in [-0.2, 0) is 30.4 Å². The molecule has 0 spiro atoms. The molecule has 0 heterocycles. The summed E-state index contributed by atoms with van der Waals surface area (Å²) >= 11 is 0. The summed E-state index contributed by atoms with van der Waals surface area (Å²) in [7, 11) is 0. The third-order valence-electron chi connectivity index (χ3n) is 5.48. The second-order valence-corrected chi connectivity index (χ2v) is 8.39. The summed E-state index contributed by atoms with van der Waals surface area (Å²) in [4.78, 5) is 60.5. The van der Waals surface area contributed by atoms with Gasteiger partial charge in [-0.2, -0.15) is 0 Å². The maximum absolute atomic E-state index is 12.9. The van der Waals surface area contributed by atoms with E-state index in [0.29, 0.717) is 6.42 Å². The first-order chi connectivity index (χ1) is 16.4. The predicted molar refractivity (Wildman–Crippen MR) is 125 cm³/mol. The summed E-state index contributed by atoms with van der Waals surface area (Å²) in [6.45, 7) is 4.64. The van der Waals surface area contributed by atoms with Crippen molar-refractivity contribution in [3.63, 3.8) is 0 Å². The van der Waals surface area contributed by atoms with Gasteiger partial charge < -0.3 is 37.0 Å². The molecule has 0 aliphatic heterocycles. The lowest BCUT2D eigenvalue weighted by Gasteiger charge is -2.28. The number of hydrogen-bond donors (Lipinski definition) is 7. The number of nitrogens with two attached hydrogens (primary N) is 1. The number of carboxylic acids is 2. The summed E-state index contributed by atoms with van der Waals surface area (Å²) in [6.07, 6.45) is -1.60. The number of rotatable bonds is 14. The Balaban J connectivity index is 2.95. The first-order valence-electron chi connectivity index (χ1n) is 11.2. The summed E-state index contributed by atoms with van der Waals surface area (Å²) in [5, 5.41) is 35.1. The number of aliphatic hydroxyl groups excluding tert-OH is 1. The van der Waals surface area contributed by atoms with E-state index < -0.39 is 72.3 Å². The summed E-state index contributed by atoms with van der Waals surface area (Å²) in [5.41, 5.74) is 6.75. The van der Waals surface area contributed by atoms with Crippen LogP contribution in [0.3, 0.4) is 0 Å². The number of carbonyl (C=O) groups is 5. The molecular formula is C23H34N4O8. The van der Waals surface area contributed by atoms with Crippen LogP contribution in [0, 0.1) is 5.92 Å². The van der Waals surface area contributed by atoms with Crippen molar-refractivity contribution in [1.82, 2.24) is 16.0 Å². The highest BCUT2D eigenvalue weighted by Gasteiger charge is 2.34. The minimum absolute atomic E-state index is 0.193. The van der Waals surface area contributed by atoms with Crippen LogP contribution in [0.25, 0.3) is 0 Å². The van der Waals surface area contributed by atoms with Crippen LogP contribution in [0.1, 0.15) is 39.2 Å². The maximum atomic E-state index is 12.9. The Morgan fingerprint density at radius 3 is 1.91 bits per heavy atom. The third-order valence-corrected chi connectivity index (χ3v) is 5.48. The quantitative estimate of drug-likeness (QED) is 0.169. The minimum atomic E-state index is -1.70. The highest BCUT2D eigenvalue weighted by Crippen LogP contribution is 2.10. The van der Waals surface area contributed by atoms with Gasteiger partial charge >= 0.3 is 11.9 Å². The van der Waals surface area contributed by atoms with Crippen molar-refractivity contribution in [3.05, 3.63) is 35.9 Å². The smallest absolute Gasteiger partial charge is 0.326 e. The van der Waals surface area contributed by atoms with Gasteiger partial charge in [-0.25, -0.2) is 4.79 Å². The Morgan fingerprint density at radius 1 is 0.886 bits per heavy atom. The number of carboxylic acid groups (broad SMARTS) is 2. The lowest BCUT2D eigenvalue weighted by Crippen LogP contribution is -2.61. The Labute approximate surface area is 203 Å². The SMILES string of the molecule is CCC(C)C(NC(=O)C(NC(=O)C(N)Cc1ccccc1)C(C)O)C(=O)NC(CC(=O)O)C(=O)O. The number of carbonyl (C=O) groups excluding carboxylic acids is 3. The third kappa shape index (κ3) is 9.71.